The monoisotopic (exact) mass is 408 g/mol. The second-order valence-electron chi connectivity index (χ2n) is 7.87. The van der Waals surface area contributed by atoms with Gasteiger partial charge in [-0.1, -0.05) is 23.8 Å². The van der Waals surface area contributed by atoms with Crippen LogP contribution < -0.4 is 10.6 Å². The van der Waals surface area contributed by atoms with Crippen LogP contribution in [0.3, 0.4) is 0 Å². The summed E-state index contributed by atoms with van der Waals surface area (Å²) in [6, 6.07) is 3.90. The van der Waals surface area contributed by atoms with Gasteiger partial charge in [-0.2, -0.15) is 0 Å². The Morgan fingerprint density at radius 3 is 3.13 bits per heavy atom. The highest BCUT2D eigenvalue weighted by molar-refractivity contribution is 5.76. The molecule has 2 N–H and O–H groups in total. The fraction of sp³-hybridized carbons (Fsp3) is 0.458. The Morgan fingerprint density at radius 1 is 1.40 bits per heavy atom. The van der Waals surface area contributed by atoms with E-state index in [1.165, 1.54) is 11.3 Å². The maximum atomic E-state index is 12.0. The molecule has 6 nitrogen and oxygen atoms in total. The van der Waals surface area contributed by atoms with Crippen molar-refractivity contribution in [1.82, 2.24) is 15.6 Å². The van der Waals surface area contributed by atoms with Gasteiger partial charge in [-0.05, 0) is 56.2 Å². The van der Waals surface area contributed by atoms with Crippen LogP contribution in [-0.2, 0) is 16.0 Å². The number of aliphatic imine (C=N–C) groups is 1. The van der Waals surface area contributed by atoms with Crippen molar-refractivity contribution in [3.05, 3.63) is 65.3 Å². The number of nitrogens with one attached hydrogen (secondary N) is 2. The molecule has 3 heterocycles. The first-order valence-electron chi connectivity index (χ1n) is 10.8. The molecule has 1 atom stereocenters. The summed E-state index contributed by atoms with van der Waals surface area (Å²) in [5.41, 5.74) is 3.58. The number of allylic oxidation sites excluding steroid dienone is 5. The van der Waals surface area contributed by atoms with E-state index in [4.69, 9.17) is 4.74 Å². The van der Waals surface area contributed by atoms with Gasteiger partial charge < -0.3 is 15.4 Å². The Morgan fingerprint density at radius 2 is 2.33 bits per heavy atom. The third-order valence-corrected chi connectivity index (χ3v) is 5.27. The van der Waals surface area contributed by atoms with E-state index in [0.29, 0.717) is 18.9 Å². The van der Waals surface area contributed by atoms with E-state index in [1.54, 1.807) is 12.5 Å². The summed E-state index contributed by atoms with van der Waals surface area (Å²) >= 11 is 0. The van der Waals surface area contributed by atoms with E-state index in [1.807, 2.05) is 18.3 Å². The number of pyridine rings is 1. The predicted octanol–water partition coefficient (Wildman–Crippen LogP) is 3.68. The van der Waals surface area contributed by atoms with Gasteiger partial charge in [0.2, 0.25) is 5.91 Å². The van der Waals surface area contributed by atoms with Gasteiger partial charge in [0, 0.05) is 37.5 Å². The second kappa shape index (κ2) is 12.0. The minimum Gasteiger partial charge on any atom is -0.498 e. The largest absolute Gasteiger partial charge is 0.498 e. The van der Waals surface area contributed by atoms with Gasteiger partial charge in [0.15, 0.2) is 0 Å². The lowest BCUT2D eigenvalue weighted by Gasteiger charge is -2.23. The molecular weight excluding hydrogens is 376 g/mol. The highest BCUT2D eigenvalue weighted by Gasteiger charge is 2.17. The van der Waals surface area contributed by atoms with Crippen LogP contribution in [0.15, 0.2) is 64.8 Å². The number of nitrogens with zero attached hydrogens (tertiary/aromatic N) is 2. The molecule has 0 spiro atoms. The molecule has 1 amide bonds. The topological polar surface area (TPSA) is 75.6 Å². The highest BCUT2D eigenvalue weighted by Crippen LogP contribution is 2.25. The van der Waals surface area contributed by atoms with Crippen LogP contribution in [0.25, 0.3) is 0 Å². The second-order valence-corrected chi connectivity index (χ2v) is 7.87. The summed E-state index contributed by atoms with van der Waals surface area (Å²) in [5, 5.41) is 6.19. The van der Waals surface area contributed by atoms with Gasteiger partial charge in [-0.25, -0.2) is 0 Å². The molecule has 1 fully saturated rings. The minimum atomic E-state index is 0.0977. The van der Waals surface area contributed by atoms with Gasteiger partial charge >= 0.3 is 0 Å². The van der Waals surface area contributed by atoms with Crippen molar-refractivity contribution >= 4 is 12.2 Å². The summed E-state index contributed by atoms with van der Waals surface area (Å²) < 4.78 is 5.82. The van der Waals surface area contributed by atoms with Crippen molar-refractivity contribution in [3.63, 3.8) is 0 Å². The molecule has 0 aromatic carbocycles. The van der Waals surface area contributed by atoms with E-state index < -0.39 is 0 Å². The average Bonchev–Trinajstić information content (AvgIpc) is 3.28. The van der Waals surface area contributed by atoms with Crippen LogP contribution in [0, 0.1) is 5.92 Å². The highest BCUT2D eigenvalue weighted by atomic mass is 16.5. The Bertz CT molecular complexity index is 802. The maximum absolute atomic E-state index is 12.0. The quantitative estimate of drug-likeness (QED) is 0.611. The Labute approximate surface area is 179 Å². The number of amides is 1. The lowest BCUT2D eigenvalue weighted by atomic mass is 9.96. The molecule has 0 radical (unpaired) electrons. The molecule has 2 aliphatic heterocycles. The SMILES string of the molecule is C/C(=C\C=C1/CC(/C=C2\CN=CN2)CCO1)CCCNC(=O)CCc1cccnc1. The number of carbonyl (C=O) groups is 1. The van der Waals surface area contributed by atoms with Crippen LogP contribution in [0.4, 0.5) is 0 Å². The van der Waals surface area contributed by atoms with E-state index in [-0.39, 0.29) is 5.91 Å². The molecule has 0 saturated carbocycles. The molecule has 1 unspecified atom stereocenters. The average molecular weight is 409 g/mol. The van der Waals surface area contributed by atoms with E-state index >= 15 is 0 Å². The lowest BCUT2D eigenvalue weighted by Crippen LogP contribution is -2.24. The standard InChI is InChI=1S/C24H32N4O2/c1-19(4-2-12-27-24(29)9-7-20-5-3-11-25-16-20)6-8-23-15-21(10-13-30-23)14-22-17-26-18-28-22/h3,5-6,8,11,14,16,18,21H,2,4,7,9-10,12-13,15,17H2,1H3,(H,26,28)(H,27,29)/b19-6+,22-14+,23-8+. The first-order valence-corrected chi connectivity index (χ1v) is 10.8. The molecule has 160 valence electrons. The molecule has 30 heavy (non-hydrogen) atoms. The summed E-state index contributed by atoms with van der Waals surface area (Å²) in [7, 11) is 0. The van der Waals surface area contributed by atoms with E-state index in [2.05, 4.69) is 45.8 Å². The molecule has 1 aromatic heterocycles. The molecule has 3 rings (SSSR count). The number of hydrogen-bond acceptors (Lipinski definition) is 5. The fourth-order valence-corrected chi connectivity index (χ4v) is 3.53. The lowest BCUT2D eigenvalue weighted by molar-refractivity contribution is -0.121. The number of hydrogen-bond donors (Lipinski definition) is 2. The first kappa shape index (κ1) is 21.8. The van der Waals surface area contributed by atoms with Crippen LogP contribution >= 0.6 is 0 Å². The Balaban J connectivity index is 1.32. The van der Waals surface area contributed by atoms with Crippen LogP contribution in [0.2, 0.25) is 0 Å². The smallest absolute Gasteiger partial charge is 0.220 e. The van der Waals surface area contributed by atoms with Crippen LogP contribution in [0.1, 0.15) is 44.6 Å². The van der Waals surface area contributed by atoms with E-state index in [9.17, 15) is 4.79 Å². The van der Waals surface area contributed by atoms with Gasteiger partial charge in [-0.3, -0.25) is 14.8 Å². The van der Waals surface area contributed by atoms with Gasteiger partial charge in [-0.15, -0.1) is 0 Å². The normalized spacial score (nSPS) is 21.5. The summed E-state index contributed by atoms with van der Waals surface area (Å²) in [6.07, 6.45) is 17.0. The Hall–Kier alpha value is -2.89. The van der Waals surface area contributed by atoms with Crippen molar-refractivity contribution in [2.75, 3.05) is 19.7 Å². The summed E-state index contributed by atoms with van der Waals surface area (Å²) in [5.74, 6) is 1.65. The Kier molecular flexibility index (Phi) is 8.69. The molecule has 6 heteroatoms. The van der Waals surface area contributed by atoms with Crippen molar-refractivity contribution in [1.29, 1.82) is 0 Å². The van der Waals surface area contributed by atoms with Crippen molar-refractivity contribution in [3.8, 4) is 0 Å². The number of aromatic nitrogens is 1. The van der Waals surface area contributed by atoms with Crippen LogP contribution in [-0.4, -0.2) is 36.9 Å². The molecular formula is C24H32N4O2. The summed E-state index contributed by atoms with van der Waals surface area (Å²) in [4.78, 5) is 20.2. The maximum Gasteiger partial charge on any atom is 0.220 e. The third kappa shape index (κ3) is 7.85. The number of rotatable bonds is 9. The zero-order chi connectivity index (χ0) is 21.0. The molecule has 0 aliphatic carbocycles. The predicted molar refractivity (Wildman–Crippen MR) is 120 cm³/mol. The molecule has 1 aromatic rings. The minimum absolute atomic E-state index is 0.0977. The zero-order valence-electron chi connectivity index (χ0n) is 17.8. The number of aryl methyl sites for hydroxylation is 1. The summed E-state index contributed by atoms with van der Waals surface area (Å²) in [6.45, 7) is 4.35. The van der Waals surface area contributed by atoms with Crippen molar-refractivity contribution in [2.24, 2.45) is 10.9 Å². The fourth-order valence-electron chi connectivity index (χ4n) is 3.53. The molecule has 2 aliphatic rings. The van der Waals surface area contributed by atoms with Crippen molar-refractivity contribution < 1.29 is 9.53 Å². The third-order valence-electron chi connectivity index (χ3n) is 5.27. The van der Waals surface area contributed by atoms with Gasteiger partial charge in [0.1, 0.15) is 0 Å². The van der Waals surface area contributed by atoms with Gasteiger partial charge in [0.05, 0.1) is 25.2 Å². The van der Waals surface area contributed by atoms with Crippen molar-refractivity contribution in [2.45, 2.75) is 45.4 Å². The molecule has 0 bridgehead atoms. The van der Waals surface area contributed by atoms with Crippen LogP contribution in [0.5, 0.6) is 0 Å². The van der Waals surface area contributed by atoms with E-state index in [0.717, 1.165) is 56.6 Å². The molecule has 1 saturated heterocycles. The number of ether oxygens (including phenoxy) is 1. The number of carbonyl (C=O) groups excluding carboxylic acids is 1. The first-order chi connectivity index (χ1) is 14.7. The zero-order valence-corrected chi connectivity index (χ0v) is 17.8. The van der Waals surface area contributed by atoms with Gasteiger partial charge in [0.25, 0.3) is 0 Å².